The molecule has 3 unspecified atom stereocenters. The molecule has 0 fully saturated rings. The molecule has 0 spiro atoms. The fourth-order valence-electron chi connectivity index (χ4n) is 4.90. The maximum absolute atomic E-state index is 14.4. The molecule has 3 aromatic rings. The number of alkyl carbamates (subject to hydrolysis) is 1. The van der Waals surface area contributed by atoms with Gasteiger partial charge in [0.15, 0.2) is 0 Å². The third-order valence-corrected chi connectivity index (χ3v) is 7.43. The van der Waals surface area contributed by atoms with Crippen molar-refractivity contribution in [1.29, 1.82) is 0 Å². The molecule has 0 aliphatic rings. The van der Waals surface area contributed by atoms with Gasteiger partial charge in [0.25, 0.3) is 5.91 Å². The molecular weight excluding hydrogens is 558 g/mol. The number of ether oxygens (including phenoxy) is 1. The number of fused-ring (bicyclic) bond motifs is 1. The molecule has 7 nitrogen and oxygen atoms in total. The summed E-state index contributed by atoms with van der Waals surface area (Å²) in [7, 11) is 0. The van der Waals surface area contributed by atoms with Crippen molar-refractivity contribution in [1.82, 2.24) is 10.2 Å². The van der Waals surface area contributed by atoms with Crippen molar-refractivity contribution >= 4 is 53.1 Å². The number of nitrogens with zero attached hydrogens (tertiary/aromatic N) is 1. The summed E-state index contributed by atoms with van der Waals surface area (Å²) < 4.78 is 5.43. The Bertz CT molecular complexity index is 1430. The van der Waals surface area contributed by atoms with Crippen LogP contribution in [0.2, 0.25) is 0 Å². The highest BCUT2D eigenvalue weighted by atomic mass is 32.1. The van der Waals surface area contributed by atoms with Gasteiger partial charge in [0.1, 0.15) is 17.7 Å². The lowest BCUT2D eigenvalue weighted by Gasteiger charge is -2.38. The van der Waals surface area contributed by atoms with E-state index in [0.29, 0.717) is 23.6 Å². The second kappa shape index (κ2) is 15.1. The van der Waals surface area contributed by atoms with E-state index in [-0.39, 0.29) is 17.7 Å². The first kappa shape index (κ1) is 33.7. The highest BCUT2D eigenvalue weighted by Crippen LogP contribution is 2.30. The second-order valence-electron chi connectivity index (χ2n) is 12.3. The van der Waals surface area contributed by atoms with Crippen molar-refractivity contribution in [3.63, 3.8) is 0 Å². The Hall–Kier alpha value is -3.78. The van der Waals surface area contributed by atoms with Crippen LogP contribution in [0, 0.1) is 5.92 Å². The van der Waals surface area contributed by atoms with E-state index >= 15 is 0 Å². The molecule has 0 aromatic heterocycles. The second-order valence-corrected chi connectivity index (χ2v) is 12.6. The quantitative estimate of drug-likeness (QED) is 0.186. The van der Waals surface area contributed by atoms with Gasteiger partial charge < -0.3 is 20.3 Å². The molecule has 3 aromatic carbocycles. The Kier molecular flexibility index (Phi) is 11.8. The van der Waals surface area contributed by atoms with Crippen molar-refractivity contribution in [2.75, 3.05) is 11.1 Å². The number of amides is 3. The van der Waals surface area contributed by atoms with E-state index in [2.05, 4.69) is 43.7 Å². The van der Waals surface area contributed by atoms with Gasteiger partial charge >= 0.3 is 6.09 Å². The van der Waals surface area contributed by atoms with E-state index in [1.54, 1.807) is 31.7 Å². The molecule has 230 valence electrons. The average Bonchev–Trinajstić information content (AvgIpc) is 2.95. The Morgan fingerprint density at radius 3 is 2.28 bits per heavy atom. The van der Waals surface area contributed by atoms with Crippen LogP contribution < -0.4 is 10.6 Å². The number of anilines is 1. The molecular formula is C35H45N3O4S. The van der Waals surface area contributed by atoms with Gasteiger partial charge in [-0.05, 0) is 86.6 Å². The number of benzene rings is 3. The standard InChI is InChI=1S/C35H45N3O4S/c1-8-25-12-11-15-28(20-25)31(32(39)36-29-19-18-26-13-9-10-14-27(26)21-29)38(24(4)17-16-23(2)3)33(40)30(22-43)37-34(41)42-35(5,6)7/h8-15,18-21,23-24,30-31,43H,1,16-17,22H2,2-7H3,(H,36,39)(H,37,41). The SMILES string of the molecule is C=Cc1cccc(C(C(=O)Nc2ccc3ccccc3c2)N(C(=O)C(CS)NC(=O)OC(C)(C)C)C(C)CCC(C)C)c1. The van der Waals surface area contributed by atoms with Gasteiger partial charge in [-0.1, -0.05) is 75.0 Å². The fourth-order valence-corrected chi connectivity index (χ4v) is 5.15. The van der Waals surface area contributed by atoms with E-state index in [0.717, 1.165) is 22.8 Å². The van der Waals surface area contributed by atoms with E-state index in [4.69, 9.17) is 4.74 Å². The van der Waals surface area contributed by atoms with Crippen LogP contribution in [0.15, 0.2) is 73.3 Å². The van der Waals surface area contributed by atoms with Gasteiger partial charge in [-0.2, -0.15) is 12.6 Å². The largest absolute Gasteiger partial charge is 0.444 e. The first-order valence-corrected chi connectivity index (χ1v) is 15.4. The summed E-state index contributed by atoms with van der Waals surface area (Å²) in [5, 5.41) is 7.79. The first-order chi connectivity index (χ1) is 20.3. The van der Waals surface area contributed by atoms with Crippen molar-refractivity contribution in [3.05, 3.63) is 84.4 Å². The van der Waals surface area contributed by atoms with Crippen LogP contribution in [-0.2, 0) is 14.3 Å². The molecule has 3 amide bonds. The lowest BCUT2D eigenvalue weighted by molar-refractivity contribution is -0.143. The van der Waals surface area contributed by atoms with E-state index in [1.807, 2.05) is 73.7 Å². The maximum atomic E-state index is 14.4. The van der Waals surface area contributed by atoms with Gasteiger partial charge in [-0.15, -0.1) is 0 Å². The summed E-state index contributed by atoms with van der Waals surface area (Å²) in [6, 6.07) is 18.7. The zero-order valence-electron chi connectivity index (χ0n) is 26.1. The summed E-state index contributed by atoms with van der Waals surface area (Å²) in [6.45, 7) is 15.3. The third kappa shape index (κ3) is 9.61. The summed E-state index contributed by atoms with van der Waals surface area (Å²) in [5.41, 5.74) is 1.33. The molecule has 43 heavy (non-hydrogen) atoms. The first-order valence-electron chi connectivity index (χ1n) is 14.8. The van der Waals surface area contributed by atoms with Crippen LogP contribution in [0.1, 0.15) is 71.6 Å². The van der Waals surface area contributed by atoms with Gasteiger partial charge in [0, 0.05) is 17.5 Å². The number of rotatable bonds is 12. The molecule has 8 heteroatoms. The highest BCUT2D eigenvalue weighted by molar-refractivity contribution is 7.80. The van der Waals surface area contributed by atoms with Crippen LogP contribution in [-0.4, -0.2) is 46.2 Å². The number of hydrogen-bond acceptors (Lipinski definition) is 5. The fraction of sp³-hybridized carbons (Fsp3) is 0.400. The van der Waals surface area contributed by atoms with Crippen molar-refractivity contribution < 1.29 is 19.1 Å². The van der Waals surface area contributed by atoms with E-state index < -0.39 is 29.7 Å². The highest BCUT2D eigenvalue weighted by Gasteiger charge is 2.38. The lowest BCUT2D eigenvalue weighted by Crippen LogP contribution is -2.55. The van der Waals surface area contributed by atoms with Crippen molar-refractivity contribution in [2.45, 2.75) is 78.1 Å². The zero-order chi connectivity index (χ0) is 31.7. The molecule has 0 heterocycles. The minimum atomic E-state index is -1.02. The zero-order valence-corrected chi connectivity index (χ0v) is 27.0. The smallest absolute Gasteiger partial charge is 0.408 e. The van der Waals surface area contributed by atoms with Crippen molar-refractivity contribution in [3.8, 4) is 0 Å². The number of nitrogens with one attached hydrogen (secondary N) is 2. The molecule has 0 aliphatic carbocycles. The summed E-state index contributed by atoms with van der Waals surface area (Å²) in [5.74, 6) is -0.359. The molecule has 0 saturated heterocycles. The monoisotopic (exact) mass is 603 g/mol. The number of thiol groups is 1. The van der Waals surface area contributed by atoms with Crippen LogP contribution in [0.3, 0.4) is 0 Å². The van der Waals surface area contributed by atoms with Gasteiger partial charge in [-0.25, -0.2) is 4.79 Å². The van der Waals surface area contributed by atoms with Crippen LogP contribution in [0.4, 0.5) is 10.5 Å². The molecule has 3 rings (SSSR count). The van der Waals surface area contributed by atoms with Crippen LogP contribution >= 0.6 is 12.6 Å². The Labute approximate surface area is 261 Å². The van der Waals surface area contributed by atoms with Gasteiger partial charge in [0.05, 0.1) is 0 Å². The molecule has 3 atom stereocenters. The minimum Gasteiger partial charge on any atom is -0.444 e. The Morgan fingerprint density at radius 1 is 0.953 bits per heavy atom. The molecule has 0 saturated carbocycles. The number of carbonyl (C=O) groups excluding carboxylic acids is 3. The maximum Gasteiger partial charge on any atom is 0.408 e. The lowest BCUT2D eigenvalue weighted by atomic mass is 9.96. The van der Waals surface area contributed by atoms with E-state index in [1.165, 1.54) is 0 Å². The molecule has 0 radical (unpaired) electrons. The number of carbonyl (C=O) groups is 3. The topological polar surface area (TPSA) is 87.7 Å². The Balaban J connectivity index is 2.08. The van der Waals surface area contributed by atoms with Crippen LogP contribution in [0.5, 0.6) is 0 Å². The van der Waals surface area contributed by atoms with E-state index in [9.17, 15) is 14.4 Å². The predicted octanol–water partition coefficient (Wildman–Crippen LogP) is 7.64. The molecule has 0 bridgehead atoms. The molecule has 0 aliphatic heterocycles. The van der Waals surface area contributed by atoms with Gasteiger partial charge in [0.2, 0.25) is 5.91 Å². The normalized spacial score (nSPS) is 13.6. The number of hydrogen-bond donors (Lipinski definition) is 3. The summed E-state index contributed by atoms with van der Waals surface area (Å²) in [6.07, 6.45) is 2.49. The summed E-state index contributed by atoms with van der Waals surface area (Å²) in [4.78, 5) is 43.0. The summed E-state index contributed by atoms with van der Waals surface area (Å²) >= 11 is 4.41. The third-order valence-electron chi connectivity index (χ3n) is 7.07. The minimum absolute atomic E-state index is 0.0250. The predicted molar refractivity (Wildman–Crippen MR) is 179 cm³/mol. The Morgan fingerprint density at radius 2 is 1.65 bits per heavy atom. The van der Waals surface area contributed by atoms with Crippen LogP contribution in [0.25, 0.3) is 16.8 Å². The molecule has 2 N–H and O–H groups in total. The van der Waals surface area contributed by atoms with Gasteiger partial charge in [-0.3, -0.25) is 9.59 Å². The van der Waals surface area contributed by atoms with Crippen molar-refractivity contribution in [2.24, 2.45) is 5.92 Å². The average molecular weight is 604 g/mol.